The summed E-state index contributed by atoms with van der Waals surface area (Å²) in [6.07, 6.45) is 6.38. The van der Waals surface area contributed by atoms with Gasteiger partial charge in [-0.2, -0.15) is 0 Å². The van der Waals surface area contributed by atoms with E-state index in [1.807, 2.05) is 12.3 Å². The van der Waals surface area contributed by atoms with E-state index >= 15 is 0 Å². The van der Waals surface area contributed by atoms with Crippen molar-refractivity contribution in [2.24, 2.45) is 17.8 Å². The van der Waals surface area contributed by atoms with Crippen molar-refractivity contribution in [3.05, 3.63) is 41.8 Å². The Bertz CT molecular complexity index is 746. The molecule has 2 fully saturated rings. The molecule has 0 spiro atoms. The van der Waals surface area contributed by atoms with Gasteiger partial charge >= 0.3 is 5.97 Å². The summed E-state index contributed by atoms with van der Waals surface area (Å²) in [7, 11) is 0. The zero-order valence-electron chi connectivity index (χ0n) is 12.9. The maximum atomic E-state index is 13.6. The van der Waals surface area contributed by atoms with E-state index in [1.54, 1.807) is 12.1 Å². The summed E-state index contributed by atoms with van der Waals surface area (Å²) >= 11 is 0. The zero-order chi connectivity index (χ0) is 16.0. The van der Waals surface area contributed by atoms with E-state index in [0.717, 1.165) is 36.6 Å². The number of benzene rings is 1. The van der Waals surface area contributed by atoms with Gasteiger partial charge in [-0.05, 0) is 79.2 Å². The fourth-order valence-electron chi connectivity index (χ4n) is 4.91. The lowest BCUT2D eigenvalue weighted by atomic mass is 9.90. The number of nitrogens with zero attached hydrogens (tertiary/aromatic N) is 1. The molecule has 1 heterocycles. The number of aliphatic carboxylic acids is 1. The highest BCUT2D eigenvalue weighted by molar-refractivity contribution is 5.82. The molecule has 120 valence electrons. The average molecular weight is 313 g/mol. The largest absolute Gasteiger partial charge is 0.481 e. The van der Waals surface area contributed by atoms with Gasteiger partial charge in [-0.1, -0.05) is 0 Å². The van der Waals surface area contributed by atoms with E-state index in [9.17, 15) is 9.18 Å². The van der Waals surface area contributed by atoms with E-state index in [1.165, 1.54) is 11.6 Å². The van der Waals surface area contributed by atoms with E-state index in [-0.39, 0.29) is 5.82 Å². The van der Waals surface area contributed by atoms with Crippen LogP contribution in [0.1, 0.15) is 43.6 Å². The lowest BCUT2D eigenvalue weighted by Crippen LogP contribution is -2.06. The Kier molecular flexibility index (Phi) is 3.55. The quantitative estimate of drug-likeness (QED) is 0.915. The Morgan fingerprint density at radius 3 is 2.61 bits per heavy atom. The summed E-state index contributed by atoms with van der Waals surface area (Å²) in [4.78, 5) is 15.2. The Hall–Kier alpha value is -1.97. The molecule has 0 aliphatic heterocycles. The summed E-state index contributed by atoms with van der Waals surface area (Å²) in [5, 5.41) is 9.90. The molecule has 4 rings (SSSR count). The van der Waals surface area contributed by atoms with Gasteiger partial charge in [0.2, 0.25) is 0 Å². The van der Waals surface area contributed by atoms with Crippen LogP contribution >= 0.6 is 0 Å². The molecule has 1 aromatic carbocycles. The van der Waals surface area contributed by atoms with Gasteiger partial charge < -0.3 is 5.11 Å². The topological polar surface area (TPSA) is 50.2 Å². The highest BCUT2D eigenvalue weighted by Gasteiger charge is 2.42. The first-order valence-corrected chi connectivity index (χ1v) is 8.36. The standard InChI is InChI=1S/C19H20FNO2/c20-15-1-2-18-17(10-15)16(3-4-21-18)14-8-12-5-11(7-19(22)23)6-13(12)9-14/h1-4,10-14H,5-9H2,(H,22,23)/t11?,12-,13?,14?/m0/s1. The highest BCUT2D eigenvalue weighted by atomic mass is 19.1. The van der Waals surface area contributed by atoms with Crippen LogP contribution in [0.15, 0.2) is 30.5 Å². The van der Waals surface area contributed by atoms with Crippen molar-refractivity contribution in [3.63, 3.8) is 0 Å². The van der Waals surface area contributed by atoms with Crippen LogP contribution in [0.3, 0.4) is 0 Å². The number of carboxylic acids is 1. The van der Waals surface area contributed by atoms with Crippen molar-refractivity contribution < 1.29 is 14.3 Å². The molecule has 1 N–H and O–H groups in total. The fraction of sp³-hybridized carbons (Fsp3) is 0.474. The van der Waals surface area contributed by atoms with Crippen LogP contribution in [0, 0.1) is 23.6 Å². The summed E-state index contributed by atoms with van der Waals surface area (Å²) in [5.74, 6) is 1.15. The SMILES string of the molecule is O=C(O)CC1CC2CC(c3ccnc4ccc(F)cc34)C[C@@H]2C1. The molecule has 0 radical (unpaired) electrons. The normalized spacial score (nSPS) is 29.8. The number of halogens is 1. The van der Waals surface area contributed by atoms with Crippen LogP contribution < -0.4 is 0 Å². The number of aromatic nitrogens is 1. The van der Waals surface area contributed by atoms with Crippen LogP contribution in [-0.4, -0.2) is 16.1 Å². The van der Waals surface area contributed by atoms with Gasteiger partial charge in [-0.15, -0.1) is 0 Å². The Morgan fingerprint density at radius 1 is 1.17 bits per heavy atom. The molecule has 4 atom stereocenters. The average Bonchev–Trinajstić information content (AvgIpc) is 3.04. The van der Waals surface area contributed by atoms with E-state index < -0.39 is 5.97 Å². The second-order valence-corrected chi connectivity index (χ2v) is 7.19. The third-order valence-electron chi connectivity index (χ3n) is 5.75. The second kappa shape index (κ2) is 5.59. The summed E-state index contributed by atoms with van der Waals surface area (Å²) in [6, 6.07) is 6.83. The molecule has 2 aliphatic rings. The lowest BCUT2D eigenvalue weighted by Gasteiger charge is -2.16. The number of pyridine rings is 1. The number of hydrogen-bond acceptors (Lipinski definition) is 2. The molecule has 23 heavy (non-hydrogen) atoms. The molecule has 4 heteroatoms. The minimum atomic E-state index is -0.679. The minimum absolute atomic E-state index is 0.216. The minimum Gasteiger partial charge on any atom is -0.481 e. The Labute approximate surface area is 134 Å². The van der Waals surface area contributed by atoms with E-state index in [4.69, 9.17) is 5.11 Å². The van der Waals surface area contributed by atoms with Crippen LogP contribution in [0.4, 0.5) is 4.39 Å². The molecule has 2 aromatic rings. The van der Waals surface area contributed by atoms with Crippen LogP contribution in [0.2, 0.25) is 0 Å². The van der Waals surface area contributed by atoms with Gasteiger partial charge in [0.1, 0.15) is 5.82 Å². The number of carboxylic acid groups (broad SMARTS) is 1. The van der Waals surface area contributed by atoms with Crippen LogP contribution in [-0.2, 0) is 4.79 Å². The maximum absolute atomic E-state index is 13.6. The molecule has 3 nitrogen and oxygen atoms in total. The van der Waals surface area contributed by atoms with Crippen molar-refractivity contribution >= 4 is 16.9 Å². The van der Waals surface area contributed by atoms with Crippen molar-refractivity contribution in [2.75, 3.05) is 0 Å². The van der Waals surface area contributed by atoms with Gasteiger partial charge in [0, 0.05) is 18.0 Å². The number of hydrogen-bond donors (Lipinski definition) is 1. The van der Waals surface area contributed by atoms with Crippen LogP contribution in [0.25, 0.3) is 10.9 Å². The molecule has 2 saturated carbocycles. The van der Waals surface area contributed by atoms with Gasteiger partial charge in [0.25, 0.3) is 0 Å². The molecule has 2 aliphatic carbocycles. The molecular formula is C19H20FNO2. The Balaban J connectivity index is 1.56. The first-order valence-electron chi connectivity index (χ1n) is 8.36. The molecule has 0 bridgehead atoms. The lowest BCUT2D eigenvalue weighted by molar-refractivity contribution is -0.138. The Morgan fingerprint density at radius 2 is 1.91 bits per heavy atom. The fourth-order valence-corrected chi connectivity index (χ4v) is 4.91. The molecule has 0 amide bonds. The molecule has 0 saturated heterocycles. The predicted molar refractivity (Wildman–Crippen MR) is 85.6 cm³/mol. The number of rotatable bonds is 3. The highest BCUT2D eigenvalue weighted by Crippen LogP contribution is 2.53. The first-order chi connectivity index (χ1) is 11.1. The van der Waals surface area contributed by atoms with Crippen molar-refractivity contribution in [1.29, 1.82) is 0 Å². The van der Waals surface area contributed by atoms with Crippen molar-refractivity contribution in [1.82, 2.24) is 4.98 Å². The number of carbonyl (C=O) groups is 1. The maximum Gasteiger partial charge on any atom is 0.303 e. The summed E-state index contributed by atoms with van der Waals surface area (Å²) in [5.41, 5.74) is 2.06. The van der Waals surface area contributed by atoms with Gasteiger partial charge in [-0.3, -0.25) is 9.78 Å². The molecule has 1 aromatic heterocycles. The van der Waals surface area contributed by atoms with Crippen LogP contribution in [0.5, 0.6) is 0 Å². The zero-order valence-corrected chi connectivity index (χ0v) is 12.9. The van der Waals surface area contributed by atoms with Crippen molar-refractivity contribution in [3.8, 4) is 0 Å². The van der Waals surface area contributed by atoms with Gasteiger partial charge in [0.15, 0.2) is 0 Å². The van der Waals surface area contributed by atoms with Crippen molar-refractivity contribution in [2.45, 2.75) is 38.0 Å². The molecular weight excluding hydrogens is 293 g/mol. The third kappa shape index (κ3) is 2.71. The first kappa shape index (κ1) is 14.6. The summed E-state index contributed by atoms with van der Waals surface area (Å²) < 4.78 is 13.6. The van der Waals surface area contributed by atoms with Gasteiger partial charge in [-0.25, -0.2) is 4.39 Å². The van der Waals surface area contributed by atoms with E-state index in [0.29, 0.717) is 30.1 Å². The monoisotopic (exact) mass is 313 g/mol. The summed E-state index contributed by atoms with van der Waals surface area (Å²) in [6.45, 7) is 0. The number of fused-ring (bicyclic) bond motifs is 2. The predicted octanol–water partition coefficient (Wildman–Crippen LogP) is 4.37. The van der Waals surface area contributed by atoms with Gasteiger partial charge in [0.05, 0.1) is 5.52 Å². The second-order valence-electron chi connectivity index (χ2n) is 7.19. The smallest absolute Gasteiger partial charge is 0.303 e. The third-order valence-corrected chi connectivity index (χ3v) is 5.75. The van der Waals surface area contributed by atoms with E-state index in [2.05, 4.69) is 4.98 Å². The molecule has 3 unspecified atom stereocenters.